The summed E-state index contributed by atoms with van der Waals surface area (Å²) in [6.45, 7) is 0. The highest BCUT2D eigenvalue weighted by atomic mass is 35.5. The van der Waals surface area contributed by atoms with Gasteiger partial charge < -0.3 is 10.4 Å². The van der Waals surface area contributed by atoms with Crippen LogP contribution in [0.15, 0.2) is 41.8 Å². The molecule has 2 aromatic rings. The molecule has 10 heteroatoms. The van der Waals surface area contributed by atoms with E-state index in [9.17, 15) is 27.9 Å². The molecule has 0 spiro atoms. The molecule has 1 fully saturated rings. The number of ketones is 1. The summed E-state index contributed by atoms with van der Waals surface area (Å²) < 4.78 is 41.8. The van der Waals surface area contributed by atoms with Crippen LogP contribution in [0, 0.1) is 5.92 Å². The lowest BCUT2D eigenvalue weighted by Crippen LogP contribution is -2.72. The van der Waals surface area contributed by atoms with Gasteiger partial charge in [0.25, 0.3) is 5.72 Å². The third-order valence-corrected chi connectivity index (χ3v) is 5.79. The molecule has 0 unspecified atom stereocenters. The van der Waals surface area contributed by atoms with Crippen LogP contribution in [0.2, 0.25) is 5.02 Å². The number of carbonyl (C=O) groups excluding carboxylic acids is 2. The molecule has 2 N–H and O–H groups in total. The SMILES string of the molecule is CN1C(=O)N[C@H](c2ccccc2Cl)[C@@H](C(=O)c2cccs2)[C@]1(O)C(F)(F)F. The summed E-state index contributed by atoms with van der Waals surface area (Å²) in [5, 5.41) is 14.7. The second-order valence-electron chi connectivity index (χ2n) is 6.05. The van der Waals surface area contributed by atoms with Crippen LogP contribution < -0.4 is 5.32 Å². The summed E-state index contributed by atoms with van der Waals surface area (Å²) in [6.07, 6.45) is -5.28. The smallest absolute Gasteiger partial charge is 0.363 e. The van der Waals surface area contributed by atoms with Crippen LogP contribution in [0.4, 0.5) is 18.0 Å². The largest absolute Gasteiger partial charge is 0.437 e. The molecule has 5 nitrogen and oxygen atoms in total. The molecule has 0 radical (unpaired) electrons. The maximum Gasteiger partial charge on any atom is 0.437 e. The number of aliphatic hydroxyl groups is 1. The van der Waals surface area contributed by atoms with Gasteiger partial charge in [0.1, 0.15) is 5.92 Å². The van der Waals surface area contributed by atoms with Crippen molar-refractivity contribution in [3.05, 3.63) is 57.2 Å². The quantitative estimate of drug-likeness (QED) is 0.744. The van der Waals surface area contributed by atoms with Crippen LogP contribution in [-0.4, -0.2) is 40.8 Å². The molecule has 1 aromatic heterocycles. The molecule has 144 valence electrons. The molecule has 0 saturated carbocycles. The second-order valence-corrected chi connectivity index (χ2v) is 7.41. The molecule has 2 amide bonds. The molecule has 1 aliphatic heterocycles. The Hall–Kier alpha value is -2.10. The van der Waals surface area contributed by atoms with Crippen molar-refractivity contribution < 1.29 is 27.9 Å². The van der Waals surface area contributed by atoms with E-state index in [-0.39, 0.29) is 20.4 Å². The Bertz CT molecular complexity index is 875. The van der Waals surface area contributed by atoms with Crippen molar-refractivity contribution in [3.63, 3.8) is 0 Å². The Kier molecular flexibility index (Phi) is 4.96. The summed E-state index contributed by atoms with van der Waals surface area (Å²) in [5.74, 6) is -3.00. The van der Waals surface area contributed by atoms with E-state index in [1.807, 2.05) is 0 Å². The molecule has 1 saturated heterocycles. The Morgan fingerprint density at radius 3 is 2.52 bits per heavy atom. The fraction of sp³-hybridized carbons (Fsp3) is 0.294. The third kappa shape index (κ3) is 3.09. The lowest BCUT2D eigenvalue weighted by molar-refractivity contribution is -0.322. The first kappa shape index (κ1) is 19.7. The predicted molar refractivity (Wildman–Crippen MR) is 93.6 cm³/mol. The first-order valence-corrected chi connectivity index (χ1v) is 9.00. The number of nitrogens with zero attached hydrogens (tertiary/aromatic N) is 1. The number of carbonyl (C=O) groups is 2. The normalized spacial score (nSPS) is 26.0. The zero-order valence-electron chi connectivity index (χ0n) is 13.8. The standard InChI is InChI=1S/C17H14ClF3N2O3S/c1-23-15(25)22-13(9-5-2-3-6-10(9)18)12(16(23,26)17(19,20)21)14(24)11-7-4-8-27-11/h2-8,12-13,26H,1H3,(H,22,25)/t12-,13+,16-/m0/s1. The van der Waals surface area contributed by atoms with Gasteiger partial charge in [-0.2, -0.15) is 13.2 Å². The van der Waals surface area contributed by atoms with Crippen LogP contribution in [-0.2, 0) is 0 Å². The number of Topliss-reactive ketones (excluding diaryl/α,β-unsaturated/α-hetero) is 1. The molecular weight excluding hydrogens is 405 g/mol. The van der Waals surface area contributed by atoms with Gasteiger partial charge in [-0.1, -0.05) is 35.9 Å². The first-order valence-electron chi connectivity index (χ1n) is 7.74. The van der Waals surface area contributed by atoms with Crippen LogP contribution >= 0.6 is 22.9 Å². The molecular formula is C17H14ClF3N2O3S. The average Bonchev–Trinajstić information content (AvgIpc) is 3.13. The highest BCUT2D eigenvalue weighted by molar-refractivity contribution is 7.12. The van der Waals surface area contributed by atoms with E-state index < -0.39 is 35.7 Å². The topological polar surface area (TPSA) is 69.6 Å². The van der Waals surface area contributed by atoms with Gasteiger partial charge in [0.2, 0.25) is 0 Å². The monoisotopic (exact) mass is 418 g/mol. The zero-order valence-corrected chi connectivity index (χ0v) is 15.4. The van der Waals surface area contributed by atoms with E-state index in [0.29, 0.717) is 0 Å². The van der Waals surface area contributed by atoms with Crippen molar-refractivity contribution in [2.24, 2.45) is 5.92 Å². The number of urea groups is 1. The number of alkyl halides is 3. The maximum absolute atomic E-state index is 13.9. The molecule has 1 aliphatic rings. The van der Waals surface area contributed by atoms with Gasteiger partial charge >= 0.3 is 12.2 Å². The van der Waals surface area contributed by atoms with Gasteiger partial charge in [-0.15, -0.1) is 11.3 Å². The van der Waals surface area contributed by atoms with Gasteiger partial charge in [0, 0.05) is 12.1 Å². The first-order chi connectivity index (χ1) is 12.6. The summed E-state index contributed by atoms with van der Waals surface area (Å²) in [4.78, 5) is 25.3. The van der Waals surface area contributed by atoms with Crippen molar-refractivity contribution in [3.8, 4) is 0 Å². The molecule has 0 bridgehead atoms. The molecule has 27 heavy (non-hydrogen) atoms. The highest BCUT2D eigenvalue weighted by Crippen LogP contribution is 2.48. The molecule has 1 aromatic carbocycles. The number of benzene rings is 1. The minimum absolute atomic E-state index is 0.0317. The van der Waals surface area contributed by atoms with Crippen molar-refractivity contribution in [1.82, 2.24) is 10.2 Å². The summed E-state index contributed by atoms with van der Waals surface area (Å²) in [6, 6.07) is 6.16. The van der Waals surface area contributed by atoms with Gasteiger partial charge in [0.15, 0.2) is 5.78 Å². The molecule has 3 rings (SSSR count). The van der Waals surface area contributed by atoms with E-state index in [0.717, 1.165) is 18.4 Å². The van der Waals surface area contributed by atoms with E-state index in [1.165, 1.54) is 35.7 Å². The third-order valence-electron chi connectivity index (χ3n) is 4.57. The van der Waals surface area contributed by atoms with Crippen molar-refractivity contribution >= 4 is 34.8 Å². The number of rotatable bonds is 3. The van der Waals surface area contributed by atoms with E-state index in [1.54, 1.807) is 6.07 Å². The number of nitrogens with one attached hydrogen (secondary N) is 1. The van der Waals surface area contributed by atoms with Crippen molar-refractivity contribution in [1.29, 1.82) is 0 Å². The summed E-state index contributed by atoms with van der Waals surface area (Å²) in [7, 11) is 0.792. The number of thiophene rings is 1. The van der Waals surface area contributed by atoms with Gasteiger partial charge in [-0.25, -0.2) is 4.79 Å². The lowest BCUT2D eigenvalue weighted by Gasteiger charge is -2.49. The van der Waals surface area contributed by atoms with Crippen molar-refractivity contribution in [2.75, 3.05) is 7.05 Å². The second kappa shape index (κ2) is 6.81. The number of halogens is 4. The Morgan fingerprint density at radius 1 is 1.30 bits per heavy atom. The summed E-state index contributed by atoms with van der Waals surface area (Å²) in [5.41, 5.74) is -3.60. The van der Waals surface area contributed by atoms with Gasteiger partial charge in [-0.05, 0) is 23.1 Å². The van der Waals surface area contributed by atoms with Crippen LogP contribution in [0.1, 0.15) is 21.3 Å². The van der Waals surface area contributed by atoms with E-state index >= 15 is 0 Å². The van der Waals surface area contributed by atoms with Crippen LogP contribution in [0.5, 0.6) is 0 Å². The number of hydrogen-bond donors (Lipinski definition) is 2. The Balaban J connectivity index is 2.23. The van der Waals surface area contributed by atoms with Gasteiger partial charge in [-0.3, -0.25) is 9.69 Å². The summed E-state index contributed by atoms with van der Waals surface area (Å²) >= 11 is 7.05. The Morgan fingerprint density at radius 2 is 1.96 bits per heavy atom. The molecule has 3 atom stereocenters. The minimum atomic E-state index is -5.28. The molecule has 0 aliphatic carbocycles. The highest BCUT2D eigenvalue weighted by Gasteiger charge is 2.69. The van der Waals surface area contributed by atoms with Gasteiger partial charge in [0.05, 0.1) is 10.9 Å². The number of amides is 2. The Labute approximate surface area is 161 Å². The fourth-order valence-electron chi connectivity index (χ4n) is 3.17. The zero-order chi connectivity index (χ0) is 20.0. The van der Waals surface area contributed by atoms with E-state index in [4.69, 9.17) is 11.6 Å². The number of hydrogen-bond acceptors (Lipinski definition) is 4. The maximum atomic E-state index is 13.9. The average molecular weight is 419 g/mol. The minimum Gasteiger partial charge on any atom is -0.363 e. The van der Waals surface area contributed by atoms with Crippen LogP contribution in [0.3, 0.4) is 0 Å². The predicted octanol–water partition coefficient (Wildman–Crippen LogP) is 3.85. The van der Waals surface area contributed by atoms with Crippen LogP contribution in [0.25, 0.3) is 0 Å². The molecule has 2 heterocycles. The lowest BCUT2D eigenvalue weighted by atomic mass is 9.78. The van der Waals surface area contributed by atoms with Crippen molar-refractivity contribution in [2.45, 2.75) is 17.9 Å². The fourth-order valence-corrected chi connectivity index (χ4v) is 4.12. The van der Waals surface area contributed by atoms with E-state index in [2.05, 4.69) is 5.32 Å².